The number of amides is 2. The molecule has 1 unspecified atom stereocenters. The molecule has 2 aromatic heterocycles. The number of benzene rings is 1. The second-order valence-corrected chi connectivity index (χ2v) is 10.1. The van der Waals surface area contributed by atoms with Crippen LogP contribution in [0.4, 0.5) is 11.8 Å². The number of aryl methyl sites for hydroxylation is 1. The number of nitrogens with one attached hydrogen (secondary N) is 1. The molecule has 0 bridgehead atoms. The lowest BCUT2D eigenvalue weighted by Gasteiger charge is -2.26. The van der Waals surface area contributed by atoms with Gasteiger partial charge in [-0.15, -0.1) is 0 Å². The summed E-state index contributed by atoms with van der Waals surface area (Å²) in [4.78, 5) is 41.3. The highest BCUT2D eigenvalue weighted by Gasteiger charge is 2.27. The predicted octanol–water partition coefficient (Wildman–Crippen LogP) is 3.73. The minimum Gasteiger partial charge on any atom is -0.363 e. The van der Waals surface area contributed by atoms with Crippen LogP contribution in [0.1, 0.15) is 41.2 Å². The molecule has 2 amide bonds. The number of hydrogen-bond acceptors (Lipinski definition) is 6. The Bertz CT molecular complexity index is 1290. The maximum Gasteiger partial charge on any atom is 0.258 e. The van der Waals surface area contributed by atoms with Crippen molar-refractivity contribution in [1.82, 2.24) is 24.3 Å². The minimum absolute atomic E-state index is 0.00938. The van der Waals surface area contributed by atoms with E-state index in [0.29, 0.717) is 23.9 Å². The summed E-state index contributed by atoms with van der Waals surface area (Å²) in [5.41, 5.74) is 3.41. The maximum absolute atomic E-state index is 13.3. The van der Waals surface area contributed by atoms with Crippen molar-refractivity contribution in [3.05, 3.63) is 59.8 Å². The lowest BCUT2D eigenvalue weighted by Crippen LogP contribution is -2.35. The molecule has 1 fully saturated rings. The molecule has 0 radical (unpaired) electrons. The van der Waals surface area contributed by atoms with E-state index in [1.165, 1.54) is 0 Å². The zero-order chi connectivity index (χ0) is 26.5. The van der Waals surface area contributed by atoms with Gasteiger partial charge in [0, 0.05) is 51.6 Å². The molecule has 3 aromatic rings. The van der Waals surface area contributed by atoms with E-state index in [0.717, 1.165) is 48.9 Å². The molecule has 0 saturated carbocycles. The van der Waals surface area contributed by atoms with Gasteiger partial charge in [0.25, 0.3) is 5.91 Å². The van der Waals surface area contributed by atoms with Crippen LogP contribution < -0.4 is 10.2 Å². The van der Waals surface area contributed by atoms with Gasteiger partial charge in [0.1, 0.15) is 5.82 Å². The summed E-state index contributed by atoms with van der Waals surface area (Å²) in [6.45, 7) is 4.06. The molecule has 1 N–H and O–H groups in total. The van der Waals surface area contributed by atoms with E-state index in [1.54, 1.807) is 24.4 Å². The van der Waals surface area contributed by atoms with Crippen molar-refractivity contribution in [1.29, 1.82) is 0 Å². The first-order valence-corrected chi connectivity index (χ1v) is 12.8. The molecule has 0 spiro atoms. The molecule has 37 heavy (non-hydrogen) atoms. The normalized spacial score (nSPS) is 16.4. The third kappa shape index (κ3) is 6.17. The largest absolute Gasteiger partial charge is 0.363 e. The summed E-state index contributed by atoms with van der Waals surface area (Å²) in [7, 11) is 7.74. The van der Waals surface area contributed by atoms with Gasteiger partial charge < -0.3 is 19.3 Å². The first kappa shape index (κ1) is 26.3. The Morgan fingerprint density at radius 2 is 1.97 bits per heavy atom. The number of aromatic nitrogens is 3. The molecule has 196 valence electrons. The Hall–Kier alpha value is -3.72. The molecular formula is C28H37N7O2. The Morgan fingerprint density at radius 3 is 2.73 bits per heavy atom. The molecule has 9 nitrogen and oxygen atoms in total. The highest BCUT2D eigenvalue weighted by atomic mass is 16.2. The number of para-hydroxylation sites is 1. The number of carbonyl (C=O) groups is 2. The second-order valence-electron chi connectivity index (χ2n) is 10.1. The van der Waals surface area contributed by atoms with Crippen molar-refractivity contribution >= 4 is 34.6 Å². The monoisotopic (exact) mass is 503 g/mol. The van der Waals surface area contributed by atoms with Crippen LogP contribution >= 0.6 is 0 Å². The van der Waals surface area contributed by atoms with Crippen LogP contribution in [0.25, 0.3) is 11.0 Å². The summed E-state index contributed by atoms with van der Waals surface area (Å²) in [5.74, 6) is 0.985. The summed E-state index contributed by atoms with van der Waals surface area (Å²) >= 11 is 0. The molecule has 0 aliphatic carbocycles. The van der Waals surface area contributed by atoms with E-state index >= 15 is 0 Å². The molecule has 9 heteroatoms. The van der Waals surface area contributed by atoms with Crippen LogP contribution in [0.2, 0.25) is 0 Å². The Morgan fingerprint density at radius 1 is 1.16 bits per heavy atom. The quantitative estimate of drug-likeness (QED) is 0.495. The van der Waals surface area contributed by atoms with Crippen molar-refractivity contribution in [2.75, 3.05) is 58.0 Å². The van der Waals surface area contributed by atoms with Crippen LogP contribution in [0, 0.1) is 6.92 Å². The Kier molecular flexibility index (Phi) is 8.23. The van der Waals surface area contributed by atoms with Crippen molar-refractivity contribution in [3.8, 4) is 0 Å². The molecule has 4 rings (SSSR count). The van der Waals surface area contributed by atoms with E-state index in [1.807, 2.05) is 61.1 Å². The number of anilines is 2. The number of pyridine rings is 1. The zero-order valence-electron chi connectivity index (χ0n) is 22.4. The van der Waals surface area contributed by atoms with Crippen molar-refractivity contribution in [3.63, 3.8) is 0 Å². The number of likely N-dealkylation sites (N-methyl/N-ethyl adjacent to an activating group) is 1. The first-order valence-electron chi connectivity index (χ1n) is 12.8. The number of carbonyl (C=O) groups excluding carboxylic acids is 2. The highest BCUT2D eigenvalue weighted by Crippen LogP contribution is 2.32. The van der Waals surface area contributed by atoms with Crippen LogP contribution in [0.5, 0.6) is 0 Å². The van der Waals surface area contributed by atoms with Crippen molar-refractivity contribution in [2.24, 2.45) is 0 Å². The Balaban J connectivity index is 1.67. The fourth-order valence-corrected chi connectivity index (χ4v) is 4.74. The molecule has 1 aliphatic heterocycles. The molecule has 3 heterocycles. The number of likely N-dealkylation sites (tertiary alicyclic amines) is 1. The Labute approximate surface area is 218 Å². The summed E-state index contributed by atoms with van der Waals surface area (Å²) in [5, 5.41) is 3.06. The van der Waals surface area contributed by atoms with E-state index in [-0.39, 0.29) is 17.9 Å². The van der Waals surface area contributed by atoms with Gasteiger partial charge in [0.05, 0.1) is 17.1 Å². The minimum atomic E-state index is -0.243. The topological polar surface area (TPSA) is 86.6 Å². The van der Waals surface area contributed by atoms with Crippen LogP contribution in [-0.2, 0) is 4.79 Å². The van der Waals surface area contributed by atoms with Gasteiger partial charge in [-0.3, -0.25) is 14.9 Å². The average Bonchev–Trinajstić information content (AvgIpc) is 3.05. The summed E-state index contributed by atoms with van der Waals surface area (Å²) in [6, 6.07) is 9.46. The predicted molar refractivity (Wildman–Crippen MR) is 148 cm³/mol. The fourth-order valence-electron chi connectivity index (χ4n) is 4.74. The summed E-state index contributed by atoms with van der Waals surface area (Å²) < 4.78 is 2.13. The number of nitrogens with zero attached hydrogens (tertiary/aromatic N) is 6. The average molecular weight is 504 g/mol. The van der Waals surface area contributed by atoms with Crippen LogP contribution in [0.15, 0.2) is 48.7 Å². The number of fused-ring (bicyclic) bond motifs is 1. The summed E-state index contributed by atoms with van der Waals surface area (Å²) in [6.07, 6.45) is 8.05. The van der Waals surface area contributed by atoms with Gasteiger partial charge in [-0.2, -0.15) is 0 Å². The smallest absolute Gasteiger partial charge is 0.258 e. The lowest BCUT2D eigenvalue weighted by atomic mass is 10.1. The van der Waals surface area contributed by atoms with Gasteiger partial charge in [-0.05, 0) is 64.0 Å². The molecule has 1 saturated heterocycles. The van der Waals surface area contributed by atoms with E-state index < -0.39 is 0 Å². The van der Waals surface area contributed by atoms with Gasteiger partial charge in [0.15, 0.2) is 0 Å². The fraction of sp³-hybridized carbons (Fsp3) is 0.429. The molecule has 1 atom stereocenters. The van der Waals surface area contributed by atoms with E-state index in [9.17, 15) is 9.59 Å². The lowest BCUT2D eigenvalue weighted by molar-refractivity contribution is -0.126. The maximum atomic E-state index is 13.3. The molecule has 1 aromatic carbocycles. The number of hydrogen-bond donors (Lipinski definition) is 1. The van der Waals surface area contributed by atoms with E-state index in [4.69, 9.17) is 4.98 Å². The third-order valence-corrected chi connectivity index (χ3v) is 6.66. The zero-order valence-corrected chi connectivity index (χ0v) is 22.4. The van der Waals surface area contributed by atoms with Crippen LogP contribution in [0.3, 0.4) is 0 Å². The van der Waals surface area contributed by atoms with Crippen LogP contribution in [-0.4, -0.2) is 84.0 Å². The third-order valence-electron chi connectivity index (χ3n) is 6.66. The SMILES string of the molecule is Cc1cccc2nc(NC(=O)c3ccnc(N(C)C)c3)n(C3CCCCN(C(=O)/C=C/CN(C)C)C3)c12. The van der Waals surface area contributed by atoms with Gasteiger partial charge in [0.2, 0.25) is 11.9 Å². The molecular weight excluding hydrogens is 466 g/mol. The number of rotatable bonds is 7. The second kappa shape index (κ2) is 11.6. The molecule has 1 aliphatic rings. The standard InChI is InChI=1S/C28H37N7O2/c1-20-10-8-12-23-26(20)35(22-11-6-7-17-34(19-22)25(36)13-9-16-32(2)3)28(30-23)31-27(37)21-14-15-29-24(18-21)33(4)5/h8-10,12-15,18,22H,6-7,11,16-17,19H2,1-5H3,(H,30,31,37)/b13-9+. The van der Waals surface area contributed by atoms with Gasteiger partial charge in [-0.25, -0.2) is 9.97 Å². The van der Waals surface area contributed by atoms with Gasteiger partial charge in [-0.1, -0.05) is 18.2 Å². The first-order chi connectivity index (χ1) is 17.7. The van der Waals surface area contributed by atoms with E-state index in [2.05, 4.69) is 27.9 Å². The highest BCUT2D eigenvalue weighted by molar-refractivity contribution is 6.04. The van der Waals surface area contributed by atoms with Gasteiger partial charge >= 0.3 is 0 Å². The van der Waals surface area contributed by atoms with Crippen molar-refractivity contribution < 1.29 is 9.59 Å². The number of imidazole rings is 1. The van der Waals surface area contributed by atoms with Crippen molar-refractivity contribution in [2.45, 2.75) is 32.2 Å².